The van der Waals surface area contributed by atoms with E-state index in [1.54, 1.807) is 0 Å². The lowest BCUT2D eigenvalue weighted by atomic mass is 9.78. The predicted molar refractivity (Wildman–Crippen MR) is 55.8 cm³/mol. The van der Waals surface area contributed by atoms with Crippen LogP contribution < -0.4 is 0 Å². The van der Waals surface area contributed by atoms with Crippen LogP contribution in [0.3, 0.4) is 0 Å². The summed E-state index contributed by atoms with van der Waals surface area (Å²) in [6.45, 7) is 6.38. The zero-order chi connectivity index (χ0) is 9.92. The number of hydrogen-bond acceptors (Lipinski definition) is 1. The Balaban J connectivity index is 2.05. The minimum atomic E-state index is 0.0404. The third kappa shape index (κ3) is 0.796. The van der Waals surface area contributed by atoms with Crippen LogP contribution in [0.25, 0.3) is 0 Å². The lowest BCUT2D eigenvalue weighted by Gasteiger charge is -2.25. The number of allylic oxidation sites excluding steroid dienone is 1. The highest BCUT2D eigenvalue weighted by molar-refractivity contribution is 5.91. The van der Waals surface area contributed by atoms with Crippen LogP contribution in [0.2, 0.25) is 0 Å². The van der Waals surface area contributed by atoms with Crippen LogP contribution >= 0.6 is 0 Å². The van der Waals surface area contributed by atoms with Crippen molar-refractivity contribution in [3.05, 3.63) is 12.2 Å². The maximum absolute atomic E-state index is 12.3. The van der Waals surface area contributed by atoms with Crippen LogP contribution in [0, 0.1) is 23.2 Å². The fraction of sp³-hybridized carbons (Fsp3) is 0.769. The standard InChI is InChI=1S/C13H18O/c1-8-5-6-9-11(8)10-4-3-7-13(10,2)12(9)14/h9-11H,1,3-7H2,2H3/t9-,10-,11+,13-/m1/s1. The molecule has 0 aromatic rings. The largest absolute Gasteiger partial charge is 0.299 e. The van der Waals surface area contributed by atoms with Gasteiger partial charge in [0.15, 0.2) is 0 Å². The van der Waals surface area contributed by atoms with E-state index < -0.39 is 0 Å². The van der Waals surface area contributed by atoms with Gasteiger partial charge in [0, 0.05) is 11.3 Å². The normalized spacial score (nSPS) is 51.1. The summed E-state index contributed by atoms with van der Waals surface area (Å²) in [5, 5.41) is 0. The molecule has 76 valence electrons. The molecule has 0 aliphatic heterocycles. The first-order chi connectivity index (χ1) is 6.64. The molecule has 0 unspecified atom stereocenters. The maximum Gasteiger partial charge on any atom is 0.142 e. The van der Waals surface area contributed by atoms with Gasteiger partial charge in [-0.25, -0.2) is 0 Å². The average Bonchev–Trinajstić information content (AvgIpc) is 2.73. The van der Waals surface area contributed by atoms with Gasteiger partial charge in [-0.3, -0.25) is 4.79 Å². The minimum Gasteiger partial charge on any atom is -0.299 e. The van der Waals surface area contributed by atoms with Crippen molar-refractivity contribution >= 4 is 5.78 Å². The predicted octanol–water partition coefficient (Wildman–Crippen LogP) is 2.96. The molecule has 3 aliphatic carbocycles. The summed E-state index contributed by atoms with van der Waals surface area (Å²) in [7, 11) is 0. The van der Waals surface area contributed by atoms with Crippen LogP contribution in [0.1, 0.15) is 39.0 Å². The second-order valence-corrected chi connectivity index (χ2v) is 5.61. The second kappa shape index (κ2) is 2.50. The zero-order valence-corrected chi connectivity index (χ0v) is 8.88. The highest BCUT2D eigenvalue weighted by Crippen LogP contribution is 2.62. The molecule has 4 atom stereocenters. The van der Waals surface area contributed by atoms with E-state index in [9.17, 15) is 4.79 Å². The lowest BCUT2D eigenvalue weighted by Crippen LogP contribution is -2.26. The molecule has 0 saturated heterocycles. The van der Waals surface area contributed by atoms with Gasteiger partial charge >= 0.3 is 0 Å². The van der Waals surface area contributed by atoms with Crippen molar-refractivity contribution in [1.29, 1.82) is 0 Å². The molecule has 3 saturated carbocycles. The highest BCUT2D eigenvalue weighted by atomic mass is 16.1. The molecule has 0 heterocycles. The van der Waals surface area contributed by atoms with Crippen molar-refractivity contribution in [3.8, 4) is 0 Å². The van der Waals surface area contributed by atoms with E-state index in [2.05, 4.69) is 13.5 Å². The van der Waals surface area contributed by atoms with Gasteiger partial charge in [-0.1, -0.05) is 25.5 Å². The number of ketones is 1. The summed E-state index contributed by atoms with van der Waals surface area (Å²) in [6.07, 6.45) is 5.85. The van der Waals surface area contributed by atoms with Gasteiger partial charge in [-0.05, 0) is 37.5 Å². The highest BCUT2D eigenvalue weighted by Gasteiger charge is 2.60. The minimum absolute atomic E-state index is 0.0404. The number of rotatable bonds is 0. The molecule has 1 nitrogen and oxygen atoms in total. The van der Waals surface area contributed by atoms with Crippen LogP contribution in [-0.4, -0.2) is 5.78 Å². The molecule has 0 aromatic heterocycles. The van der Waals surface area contributed by atoms with E-state index in [1.165, 1.54) is 18.4 Å². The third-order valence-corrected chi connectivity index (χ3v) is 5.04. The van der Waals surface area contributed by atoms with Crippen LogP contribution in [0.5, 0.6) is 0 Å². The Morgan fingerprint density at radius 3 is 3.00 bits per heavy atom. The van der Waals surface area contributed by atoms with Gasteiger partial charge in [-0.15, -0.1) is 0 Å². The first-order valence-corrected chi connectivity index (χ1v) is 5.86. The number of hydrogen-bond donors (Lipinski definition) is 0. The summed E-state index contributed by atoms with van der Waals surface area (Å²) >= 11 is 0. The SMILES string of the molecule is C=C1CC[C@H]2C(=O)[C@]3(C)CCC[C@@H]3[C@@H]12. The second-order valence-electron chi connectivity index (χ2n) is 5.61. The van der Waals surface area contributed by atoms with E-state index in [0.29, 0.717) is 23.5 Å². The van der Waals surface area contributed by atoms with Crippen molar-refractivity contribution < 1.29 is 4.79 Å². The molecule has 3 rings (SSSR count). The van der Waals surface area contributed by atoms with Crippen molar-refractivity contribution in [3.63, 3.8) is 0 Å². The molecular formula is C13H18O. The van der Waals surface area contributed by atoms with E-state index >= 15 is 0 Å². The summed E-state index contributed by atoms with van der Waals surface area (Å²) in [4.78, 5) is 12.3. The number of carbonyl (C=O) groups is 1. The molecule has 0 aromatic carbocycles. The van der Waals surface area contributed by atoms with Gasteiger partial charge in [0.05, 0.1) is 0 Å². The van der Waals surface area contributed by atoms with Gasteiger partial charge < -0.3 is 0 Å². The Morgan fingerprint density at radius 2 is 2.21 bits per heavy atom. The van der Waals surface area contributed by atoms with E-state index in [-0.39, 0.29) is 5.41 Å². The molecule has 0 amide bonds. The van der Waals surface area contributed by atoms with Gasteiger partial charge in [-0.2, -0.15) is 0 Å². The Hall–Kier alpha value is -0.590. The summed E-state index contributed by atoms with van der Waals surface area (Å²) in [5.41, 5.74) is 1.41. The van der Waals surface area contributed by atoms with Crippen molar-refractivity contribution in [2.24, 2.45) is 23.2 Å². The number of Topliss-reactive ketones (excluding diaryl/α,β-unsaturated/α-hetero) is 1. The zero-order valence-electron chi connectivity index (χ0n) is 8.88. The van der Waals surface area contributed by atoms with Crippen molar-refractivity contribution in [2.45, 2.75) is 39.0 Å². The molecule has 3 fully saturated rings. The Morgan fingerprint density at radius 1 is 1.43 bits per heavy atom. The molecule has 14 heavy (non-hydrogen) atoms. The maximum atomic E-state index is 12.3. The van der Waals surface area contributed by atoms with E-state index in [0.717, 1.165) is 19.3 Å². The van der Waals surface area contributed by atoms with Crippen molar-refractivity contribution in [1.82, 2.24) is 0 Å². The Bertz CT molecular complexity index is 317. The van der Waals surface area contributed by atoms with Crippen molar-refractivity contribution in [2.75, 3.05) is 0 Å². The quantitative estimate of drug-likeness (QED) is 0.537. The summed E-state index contributed by atoms with van der Waals surface area (Å²) in [5.74, 6) is 2.14. The van der Waals surface area contributed by atoms with Crippen LogP contribution in [-0.2, 0) is 4.79 Å². The van der Waals surface area contributed by atoms with Gasteiger partial charge in [0.2, 0.25) is 0 Å². The molecule has 0 radical (unpaired) electrons. The topological polar surface area (TPSA) is 17.1 Å². The molecule has 3 aliphatic rings. The van der Waals surface area contributed by atoms with Crippen LogP contribution in [0.4, 0.5) is 0 Å². The lowest BCUT2D eigenvalue weighted by molar-refractivity contribution is -0.128. The fourth-order valence-electron chi connectivity index (χ4n) is 4.33. The summed E-state index contributed by atoms with van der Waals surface area (Å²) < 4.78 is 0. The van der Waals surface area contributed by atoms with Crippen LogP contribution in [0.15, 0.2) is 12.2 Å². The first kappa shape index (κ1) is 8.70. The molecule has 1 heteroatoms. The Labute approximate surface area is 85.6 Å². The summed E-state index contributed by atoms with van der Waals surface area (Å²) in [6, 6.07) is 0. The Kier molecular flexibility index (Phi) is 1.55. The number of carbonyl (C=O) groups excluding carboxylic acids is 1. The van der Waals surface area contributed by atoms with Gasteiger partial charge in [0.25, 0.3) is 0 Å². The third-order valence-electron chi connectivity index (χ3n) is 5.04. The molecule has 0 bridgehead atoms. The van der Waals surface area contributed by atoms with E-state index in [4.69, 9.17) is 0 Å². The first-order valence-electron chi connectivity index (χ1n) is 5.86. The molecule has 0 N–H and O–H groups in total. The molecule has 0 spiro atoms. The molecular weight excluding hydrogens is 172 g/mol. The smallest absolute Gasteiger partial charge is 0.142 e. The monoisotopic (exact) mass is 190 g/mol. The number of fused-ring (bicyclic) bond motifs is 3. The van der Waals surface area contributed by atoms with Gasteiger partial charge in [0.1, 0.15) is 5.78 Å². The fourth-order valence-corrected chi connectivity index (χ4v) is 4.33. The van der Waals surface area contributed by atoms with E-state index in [1.807, 2.05) is 0 Å². The average molecular weight is 190 g/mol.